The molecule has 0 aliphatic carbocycles. The van der Waals surface area contributed by atoms with Crippen LogP contribution in [0, 0.1) is 0 Å². The predicted octanol–water partition coefficient (Wildman–Crippen LogP) is 0.373. The first-order valence-corrected chi connectivity index (χ1v) is 8.76. The number of nitrogen functional groups attached to an aromatic ring is 1. The summed E-state index contributed by atoms with van der Waals surface area (Å²) in [5.74, 6) is 0.0915. The molecule has 23 heavy (non-hydrogen) atoms. The molecule has 128 valence electrons. The van der Waals surface area contributed by atoms with Gasteiger partial charge in [0.25, 0.3) is 0 Å². The van der Waals surface area contributed by atoms with Crippen LogP contribution in [-0.2, 0) is 16.0 Å². The summed E-state index contributed by atoms with van der Waals surface area (Å²) in [5, 5.41) is 8.07. The minimum atomic E-state index is 0.0275. The van der Waals surface area contributed by atoms with Crippen molar-refractivity contribution in [3.8, 4) is 0 Å². The van der Waals surface area contributed by atoms with Gasteiger partial charge in [0.05, 0.1) is 5.69 Å². The zero-order chi connectivity index (χ0) is 16.8. The van der Waals surface area contributed by atoms with E-state index in [9.17, 15) is 9.59 Å². The van der Waals surface area contributed by atoms with Crippen LogP contribution in [0.5, 0.6) is 0 Å². The Morgan fingerprint density at radius 1 is 1.39 bits per heavy atom. The number of carbonyl (C=O) groups is 2. The van der Waals surface area contributed by atoms with Gasteiger partial charge in [-0.15, -0.1) is 11.3 Å². The van der Waals surface area contributed by atoms with Crippen LogP contribution in [0.1, 0.15) is 31.4 Å². The summed E-state index contributed by atoms with van der Waals surface area (Å²) < 4.78 is 0. The molecule has 1 aliphatic rings. The number of aryl methyl sites for hydroxylation is 1. The largest absolute Gasteiger partial charge is 0.375 e. The molecule has 2 amide bonds. The van der Waals surface area contributed by atoms with Gasteiger partial charge in [-0.3, -0.25) is 14.5 Å². The number of aromatic nitrogens is 1. The third kappa shape index (κ3) is 5.18. The molecule has 1 fully saturated rings. The molecule has 2 heterocycles. The first-order valence-electron chi connectivity index (χ1n) is 7.88. The summed E-state index contributed by atoms with van der Waals surface area (Å²) in [6, 6.07) is 0.554. The van der Waals surface area contributed by atoms with Gasteiger partial charge in [0, 0.05) is 43.9 Å². The van der Waals surface area contributed by atoms with Crippen LogP contribution in [-0.4, -0.2) is 54.4 Å². The zero-order valence-corrected chi connectivity index (χ0v) is 14.5. The van der Waals surface area contributed by atoms with Crippen LogP contribution in [0.15, 0.2) is 5.38 Å². The highest BCUT2D eigenvalue weighted by molar-refractivity contribution is 7.13. The van der Waals surface area contributed by atoms with Crippen molar-refractivity contribution in [2.45, 2.75) is 44.2 Å². The first kappa shape index (κ1) is 17.7. The molecule has 1 aromatic rings. The Hall–Kier alpha value is -1.67. The number of nitrogens with one attached hydrogen (secondary N) is 2. The van der Waals surface area contributed by atoms with Gasteiger partial charge in [0.2, 0.25) is 11.8 Å². The van der Waals surface area contributed by atoms with E-state index in [0.29, 0.717) is 37.0 Å². The summed E-state index contributed by atoms with van der Waals surface area (Å²) in [7, 11) is 3.68. The fourth-order valence-electron chi connectivity index (χ4n) is 2.90. The number of hydrogen-bond donors (Lipinski definition) is 3. The van der Waals surface area contributed by atoms with E-state index in [1.807, 2.05) is 12.4 Å². The summed E-state index contributed by atoms with van der Waals surface area (Å²) in [4.78, 5) is 29.8. The van der Waals surface area contributed by atoms with Crippen LogP contribution in [0.25, 0.3) is 0 Å². The molecular weight excluding hydrogens is 314 g/mol. The highest BCUT2D eigenvalue weighted by Crippen LogP contribution is 2.24. The van der Waals surface area contributed by atoms with Crippen molar-refractivity contribution in [3.05, 3.63) is 11.1 Å². The molecule has 1 aromatic heterocycles. The van der Waals surface area contributed by atoms with Crippen molar-refractivity contribution >= 4 is 28.3 Å². The molecule has 0 radical (unpaired) electrons. The van der Waals surface area contributed by atoms with Gasteiger partial charge in [-0.05, 0) is 26.3 Å². The van der Waals surface area contributed by atoms with E-state index in [1.165, 1.54) is 11.3 Å². The van der Waals surface area contributed by atoms with Crippen molar-refractivity contribution in [1.82, 2.24) is 20.5 Å². The van der Waals surface area contributed by atoms with Crippen molar-refractivity contribution in [1.29, 1.82) is 0 Å². The molecule has 0 aromatic carbocycles. The van der Waals surface area contributed by atoms with Gasteiger partial charge in [0.15, 0.2) is 5.13 Å². The normalized spacial score (nSPS) is 21.3. The number of amides is 2. The van der Waals surface area contributed by atoms with E-state index >= 15 is 0 Å². The number of likely N-dealkylation sites (tertiary alicyclic amines) is 1. The van der Waals surface area contributed by atoms with Crippen LogP contribution < -0.4 is 16.4 Å². The first-order chi connectivity index (χ1) is 11.0. The smallest absolute Gasteiger partial charge is 0.221 e. The van der Waals surface area contributed by atoms with Crippen molar-refractivity contribution in [3.63, 3.8) is 0 Å². The summed E-state index contributed by atoms with van der Waals surface area (Å²) in [6.07, 6.45) is 3.53. The second kappa shape index (κ2) is 8.26. The van der Waals surface area contributed by atoms with Gasteiger partial charge >= 0.3 is 0 Å². The summed E-state index contributed by atoms with van der Waals surface area (Å²) in [5.41, 5.74) is 6.44. The second-order valence-electron chi connectivity index (χ2n) is 5.91. The summed E-state index contributed by atoms with van der Waals surface area (Å²) in [6.45, 7) is 0.624. The fourth-order valence-corrected chi connectivity index (χ4v) is 3.49. The monoisotopic (exact) mass is 339 g/mol. The van der Waals surface area contributed by atoms with Crippen molar-refractivity contribution < 1.29 is 9.59 Å². The molecule has 2 atom stereocenters. The predicted molar refractivity (Wildman–Crippen MR) is 91.1 cm³/mol. The quantitative estimate of drug-likeness (QED) is 0.666. The van der Waals surface area contributed by atoms with E-state index in [0.717, 1.165) is 18.5 Å². The molecule has 7 nitrogen and oxygen atoms in total. The molecule has 2 rings (SSSR count). The lowest BCUT2D eigenvalue weighted by molar-refractivity contribution is -0.122. The SMILES string of the molecule is CNC(=O)C[C@H]1CC[C@@H](CNC(=O)CCc2csc(N)n2)N1C. The Morgan fingerprint density at radius 2 is 2.13 bits per heavy atom. The number of thiazole rings is 1. The van der Waals surface area contributed by atoms with E-state index < -0.39 is 0 Å². The summed E-state index contributed by atoms with van der Waals surface area (Å²) >= 11 is 1.39. The standard InChI is InChI=1S/C15H25N5O2S/c1-17-14(22)7-11-4-5-12(20(11)2)8-18-13(21)6-3-10-9-23-15(16)19-10/h9,11-12H,3-8H2,1-2H3,(H2,16,19)(H,17,22)(H,18,21)/t11-,12+/m1/s1. The van der Waals surface area contributed by atoms with Crippen LogP contribution in [0.3, 0.4) is 0 Å². The van der Waals surface area contributed by atoms with Crippen molar-refractivity contribution in [2.24, 2.45) is 0 Å². The maximum Gasteiger partial charge on any atom is 0.221 e. The third-order valence-electron chi connectivity index (χ3n) is 4.40. The number of rotatable bonds is 7. The lowest BCUT2D eigenvalue weighted by Gasteiger charge is -2.25. The van der Waals surface area contributed by atoms with Gasteiger partial charge in [-0.1, -0.05) is 0 Å². The van der Waals surface area contributed by atoms with Crippen molar-refractivity contribution in [2.75, 3.05) is 26.4 Å². The lowest BCUT2D eigenvalue weighted by Crippen LogP contribution is -2.42. The lowest BCUT2D eigenvalue weighted by atomic mass is 10.1. The van der Waals surface area contributed by atoms with Gasteiger partial charge < -0.3 is 16.4 Å². The maximum absolute atomic E-state index is 11.9. The molecule has 1 saturated heterocycles. The number of anilines is 1. The zero-order valence-electron chi connectivity index (χ0n) is 13.7. The Labute approximate surface area is 140 Å². The van der Waals surface area contributed by atoms with Crippen LogP contribution in [0.2, 0.25) is 0 Å². The molecule has 8 heteroatoms. The minimum Gasteiger partial charge on any atom is -0.375 e. The van der Waals surface area contributed by atoms with Gasteiger partial charge in [-0.25, -0.2) is 4.98 Å². The van der Waals surface area contributed by atoms with E-state index in [1.54, 1.807) is 7.05 Å². The average molecular weight is 339 g/mol. The Balaban J connectivity index is 1.69. The maximum atomic E-state index is 11.9. The molecular formula is C15H25N5O2S. The van der Waals surface area contributed by atoms with Gasteiger partial charge in [0.1, 0.15) is 0 Å². The highest BCUT2D eigenvalue weighted by atomic mass is 32.1. The molecule has 1 aliphatic heterocycles. The Bertz CT molecular complexity index is 548. The molecule has 0 bridgehead atoms. The van der Waals surface area contributed by atoms with E-state index in [4.69, 9.17) is 5.73 Å². The Kier molecular flexibility index (Phi) is 6.35. The number of nitrogens with zero attached hydrogens (tertiary/aromatic N) is 2. The third-order valence-corrected chi connectivity index (χ3v) is 5.12. The number of nitrogens with two attached hydrogens (primary N) is 1. The number of carbonyl (C=O) groups excluding carboxylic acids is 2. The number of likely N-dealkylation sites (N-methyl/N-ethyl adjacent to an activating group) is 1. The average Bonchev–Trinajstić information content (AvgIpc) is 3.10. The van der Waals surface area contributed by atoms with Crippen LogP contribution >= 0.6 is 11.3 Å². The number of hydrogen-bond acceptors (Lipinski definition) is 6. The molecule has 0 saturated carbocycles. The van der Waals surface area contributed by atoms with Crippen LogP contribution in [0.4, 0.5) is 5.13 Å². The fraction of sp³-hybridized carbons (Fsp3) is 0.667. The van der Waals surface area contributed by atoms with E-state index in [-0.39, 0.29) is 17.9 Å². The molecule has 0 unspecified atom stereocenters. The molecule has 4 N–H and O–H groups in total. The molecule has 0 spiro atoms. The minimum absolute atomic E-state index is 0.0275. The highest BCUT2D eigenvalue weighted by Gasteiger charge is 2.31. The second-order valence-corrected chi connectivity index (χ2v) is 6.80. The topological polar surface area (TPSA) is 100 Å². The Morgan fingerprint density at radius 3 is 2.78 bits per heavy atom. The van der Waals surface area contributed by atoms with Gasteiger partial charge in [-0.2, -0.15) is 0 Å². The van der Waals surface area contributed by atoms with E-state index in [2.05, 4.69) is 20.5 Å².